The van der Waals surface area contributed by atoms with Gasteiger partial charge in [0.1, 0.15) is 5.82 Å². The lowest BCUT2D eigenvalue weighted by Gasteiger charge is -2.17. The van der Waals surface area contributed by atoms with E-state index in [9.17, 15) is 0 Å². The predicted molar refractivity (Wildman–Crippen MR) is 58.4 cm³/mol. The minimum absolute atomic E-state index is 0.299. The summed E-state index contributed by atoms with van der Waals surface area (Å²) in [5, 5.41) is 8.62. The van der Waals surface area contributed by atoms with Gasteiger partial charge in [-0.1, -0.05) is 6.07 Å². The summed E-state index contributed by atoms with van der Waals surface area (Å²) in [6, 6.07) is 5.92. The normalized spacial score (nSPS) is 10.1. The van der Waals surface area contributed by atoms with Crippen molar-refractivity contribution in [3.05, 3.63) is 24.4 Å². The second-order valence-electron chi connectivity index (χ2n) is 3.39. The molecule has 0 radical (unpaired) electrons. The molecule has 0 fully saturated rings. The number of aliphatic hydroxyl groups is 1. The largest absolute Gasteiger partial charge is 0.396 e. The number of rotatable bonds is 6. The van der Waals surface area contributed by atoms with Gasteiger partial charge in [-0.05, 0) is 31.4 Å². The number of hydrogen-bond donors (Lipinski definition) is 1. The Morgan fingerprint density at radius 3 is 2.79 bits per heavy atom. The van der Waals surface area contributed by atoms with Gasteiger partial charge < -0.3 is 10.0 Å². The average molecular weight is 194 g/mol. The van der Waals surface area contributed by atoms with Crippen LogP contribution in [0.3, 0.4) is 0 Å². The molecular formula is C11H18N2O. The minimum Gasteiger partial charge on any atom is -0.396 e. The molecule has 3 nitrogen and oxygen atoms in total. The fraction of sp³-hybridized carbons (Fsp3) is 0.545. The lowest BCUT2D eigenvalue weighted by Crippen LogP contribution is -2.19. The number of unbranched alkanes of at least 4 members (excludes halogenated alkanes) is 2. The van der Waals surface area contributed by atoms with Gasteiger partial charge in [0.25, 0.3) is 0 Å². The van der Waals surface area contributed by atoms with Gasteiger partial charge in [0.2, 0.25) is 0 Å². The first kappa shape index (κ1) is 11.0. The van der Waals surface area contributed by atoms with Crippen molar-refractivity contribution >= 4 is 5.82 Å². The van der Waals surface area contributed by atoms with Crippen LogP contribution in [0.15, 0.2) is 24.4 Å². The molecule has 14 heavy (non-hydrogen) atoms. The second-order valence-corrected chi connectivity index (χ2v) is 3.39. The molecule has 0 amide bonds. The maximum Gasteiger partial charge on any atom is 0.128 e. The third-order valence-corrected chi connectivity index (χ3v) is 2.19. The molecule has 0 aliphatic heterocycles. The molecule has 0 saturated carbocycles. The van der Waals surface area contributed by atoms with Crippen molar-refractivity contribution in [1.82, 2.24) is 4.98 Å². The van der Waals surface area contributed by atoms with E-state index < -0.39 is 0 Å². The van der Waals surface area contributed by atoms with Crippen LogP contribution in [-0.2, 0) is 0 Å². The molecule has 78 valence electrons. The fourth-order valence-corrected chi connectivity index (χ4v) is 1.33. The number of nitrogens with zero attached hydrogens (tertiary/aromatic N) is 2. The Kier molecular flexibility index (Phi) is 5.00. The summed E-state index contributed by atoms with van der Waals surface area (Å²) in [5.41, 5.74) is 0. The second kappa shape index (κ2) is 6.38. The quantitative estimate of drug-likeness (QED) is 0.700. The summed E-state index contributed by atoms with van der Waals surface area (Å²) in [7, 11) is 2.04. The van der Waals surface area contributed by atoms with Gasteiger partial charge in [0, 0.05) is 26.4 Å². The van der Waals surface area contributed by atoms with E-state index in [0.29, 0.717) is 6.61 Å². The average Bonchev–Trinajstić information content (AvgIpc) is 2.25. The summed E-state index contributed by atoms with van der Waals surface area (Å²) in [5.74, 6) is 1.01. The first-order chi connectivity index (χ1) is 6.84. The van der Waals surface area contributed by atoms with Crippen molar-refractivity contribution in [2.24, 2.45) is 0 Å². The van der Waals surface area contributed by atoms with Gasteiger partial charge in [0.05, 0.1) is 0 Å². The van der Waals surface area contributed by atoms with E-state index in [4.69, 9.17) is 5.11 Å². The Morgan fingerprint density at radius 2 is 2.14 bits per heavy atom. The molecule has 0 unspecified atom stereocenters. The summed E-state index contributed by atoms with van der Waals surface area (Å²) in [6.07, 6.45) is 4.89. The Bertz CT molecular complexity index is 238. The molecule has 1 aromatic heterocycles. The van der Waals surface area contributed by atoms with Crippen LogP contribution < -0.4 is 4.90 Å². The lowest BCUT2D eigenvalue weighted by molar-refractivity contribution is 0.283. The smallest absolute Gasteiger partial charge is 0.128 e. The maximum atomic E-state index is 8.62. The molecular weight excluding hydrogens is 176 g/mol. The first-order valence-electron chi connectivity index (χ1n) is 5.07. The molecule has 3 heteroatoms. The van der Waals surface area contributed by atoms with Crippen molar-refractivity contribution in [2.75, 3.05) is 25.1 Å². The van der Waals surface area contributed by atoms with Gasteiger partial charge >= 0.3 is 0 Å². The zero-order valence-electron chi connectivity index (χ0n) is 8.69. The van der Waals surface area contributed by atoms with Crippen LogP contribution in [0.1, 0.15) is 19.3 Å². The molecule has 0 bridgehead atoms. The van der Waals surface area contributed by atoms with Crippen molar-refractivity contribution in [3.63, 3.8) is 0 Å². The Morgan fingerprint density at radius 1 is 1.29 bits per heavy atom. The van der Waals surface area contributed by atoms with Gasteiger partial charge in [-0.3, -0.25) is 0 Å². The third-order valence-electron chi connectivity index (χ3n) is 2.19. The molecule has 0 spiro atoms. The molecule has 0 aliphatic carbocycles. The number of anilines is 1. The summed E-state index contributed by atoms with van der Waals surface area (Å²) < 4.78 is 0. The summed E-state index contributed by atoms with van der Waals surface area (Å²) in [4.78, 5) is 6.39. The Labute approximate surface area is 85.4 Å². The SMILES string of the molecule is CN(CCCCCO)c1ccccn1. The molecule has 0 aromatic carbocycles. The van der Waals surface area contributed by atoms with E-state index >= 15 is 0 Å². The third kappa shape index (κ3) is 3.75. The summed E-state index contributed by atoms with van der Waals surface area (Å²) >= 11 is 0. The Hall–Kier alpha value is -1.09. The summed E-state index contributed by atoms with van der Waals surface area (Å²) in [6.45, 7) is 1.30. The number of aliphatic hydroxyl groups excluding tert-OH is 1. The first-order valence-corrected chi connectivity index (χ1v) is 5.07. The molecule has 0 atom stereocenters. The van der Waals surface area contributed by atoms with Crippen LogP contribution in [0.2, 0.25) is 0 Å². The van der Waals surface area contributed by atoms with Crippen LogP contribution in [0, 0.1) is 0 Å². The monoisotopic (exact) mass is 194 g/mol. The fourth-order valence-electron chi connectivity index (χ4n) is 1.33. The van der Waals surface area contributed by atoms with E-state index in [-0.39, 0.29) is 0 Å². The highest BCUT2D eigenvalue weighted by atomic mass is 16.2. The highest BCUT2D eigenvalue weighted by molar-refractivity contribution is 5.35. The van der Waals surface area contributed by atoms with Crippen LogP contribution in [0.5, 0.6) is 0 Å². The van der Waals surface area contributed by atoms with Crippen LogP contribution in [-0.4, -0.2) is 30.3 Å². The molecule has 0 aliphatic rings. The van der Waals surface area contributed by atoms with Crippen molar-refractivity contribution < 1.29 is 5.11 Å². The van der Waals surface area contributed by atoms with Gasteiger partial charge in [-0.2, -0.15) is 0 Å². The van der Waals surface area contributed by atoms with E-state index in [0.717, 1.165) is 31.6 Å². The van der Waals surface area contributed by atoms with E-state index in [2.05, 4.69) is 9.88 Å². The molecule has 1 rings (SSSR count). The van der Waals surface area contributed by atoms with Gasteiger partial charge in [0.15, 0.2) is 0 Å². The van der Waals surface area contributed by atoms with Gasteiger partial charge in [-0.25, -0.2) is 4.98 Å². The number of aromatic nitrogens is 1. The zero-order chi connectivity index (χ0) is 10.2. The molecule has 1 heterocycles. The van der Waals surface area contributed by atoms with Crippen LogP contribution >= 0.6 is 0 Å². The van der Waals surface area contributed by atoms with Crippen molar-refractivity contribution in [1.29, 1.82) is 0 Å². The van der Waals surface area contributed by atoms with E-state index in [1.165, 1.54) is 0 Å². The van der Waals surface area contributed by atoms with Crippen molar-refractivity contribution in [3.8, 4) is 0 Å². The minimum atomic E-state index is 0.299. The number of hydrogen-bond acceptors (Lipinski definition) is 3. The van der Waals surface area contributed by atoms with Crippen LogP contribution in [0.4, 0.5) is 5.82 Å². The zero-order valence-corrected chi connectivity index (χ0v) is 8.69. The lowest BCUT2D eigenvalue weighted by atomic mass is 10.2. The van der Waals surface area contributed by atoms with Gasteiger partial charge in [-0.15, -0.1) is 0 Å². The predicted octanol–water partition coefficient (Wildman–Crippen LogP) is 1.68. The van der Waals surface area contributed by atoms with Crippen LogP contribution in [0.25, 0.3) is 0 Å². The Balaban J connectivity index is 2.25. The molecule has 0 saturated heterocycles. The van der Waals surface area contributed by atoms with E-state index in [1.807, 2.05) is 25.2 Å². The van der Waals surface area contributed by atoms with E-state index in [1.54, 1.807) is 6.20 Å². The van der Waals surface area contributed by atoms with Crippen molar-refractivity contribution in [2.45, 2.75) is 19.3 Å². The molecule has 1 N–H and O–H groups in total. The number of pyridine rings is 1. The topological polar surface area (TPSA) is 36.4 Å². The highest BCUT2D eigenvalue weighted by Gasteiger charge is 1.99. The standard InChI is InChI=1S/C11H18N2O/c1-13(9-5-2-6-10-14)11-7-3-4-8-12-11/h3-4,7-8,14H,2,5-6,9-10H2,1H3. The molecule has 1 aromatic rings. The maximum absolute atomic E-state index is 8.62. The highest BCUT2D eigenvalue weighted by Crippen LogP contribution is 2.07.